The molecule has 0 radical (unpaired) electrons. The first-order chi connectivity index (χ1) is 14.9. The first-order valence-corrected chi connectivity index (χ1v) is 9.25. The number of quaternary nitrogens is 3. The van der Waals surface area contributed by atoms with Crippen molar-refractivity contribution in [1.29, 1.82) is 0 Å². The van der Waals surface area contributed by atoms with Gasteiger partial charge in [-0.15, -0.1) is 0 Å². The Balaban J connectivity index is 2.24. The van der Waals surface area contributed by atoms with E-state index in [4.69, 9.17) is 0 Å². The summed E-state index contributed by atoms with van der Waals surface area (Å²) in [6.45, 7) is 0. The second-order valence-electron chi connectivity index (χ2n) is 6.58. The van der Waals surface area contributed by atoms with Gasteiger partial charge < -0.3 is 15.6 Å². The van der Waals surface area contributed by atoms with Crippen molar-refractivity contribution in [2.75, 3.05) is 0 Å². The maximum Gasteiger partial charge on any atom is 0.190 e. The van der Waals surface area contributed by atoms with Crippen LogP contribution in [0.15, 0.2) is 66.7 Å². The van der Waals surface area contributed by atoms with E-state index in [1.54, 1.807) is 60.7 Å². The SMILES string of the molecule is [O-][NH+](O)c1cc([NH+]([O-])O)c(C=Cc2ccccc2)c([NH+]([O-])O)c1C=Cc1ccccc1. The molecule has 6 N–H and O–H groups in total. The molecule has 0 aromatic heterocycles. The van der Waals surface area contributed by atoms with Gasteiger partial charge in [-0.2, -0.15) is 15.7 Å². The topological polar surface area (TPSA) is 143 Å². The quantitative estimate of drug-likeness (QED) is 0.249. The highest BCUT2D eigenvalue weighted by atomic mass is 16.8. The van der Waals surface area contributed by atoms with Crippen LogP contribution in [0.1, 0.15) is 22.3 Å². The molecule has 0 fully saturated rings. The normalized spacial score (nSPS) is 14.8. The molecule has 3 aromatic carbocycles. The Bertz CT molecular complexity index is 988. The molecule has 160 valence electrons. The molecule has 0 saturated heterocycles. The van der Waals surface area contributed by atoms with Crippen LogP contribution < -0.4 is 15.7 Å². The number of nitrogens with one attached hydrogen (secondary N) is 3. The van der Waals surface area contributed by atoms with E-state index < -0.39 is 32.7 Å². The zero-order valence-corrected chi connectivity index (χ0v) is 16.2. The summed E-state index contributed by atoms with van der Waals surface area (Å²) in [6.07, 6.45) is 5.93. The summed E-state index contributed by atoms with van der Waals surface area (Å²) in [5.41, 5.74) is 0.107. The second kappa shape index (κ2) is 10.2. The number of hydrogen-bond acceptors (Lipinski definition) is 6. The van der Waals surface area contributed by atoms with Gasteiger partial charge >= 0.3 is 0 Å². The number of rotatable bonds is 7. The minimum Gasteiger partial charge on any atom is -0.595 e. The van der Waals surface area contributed by atoms with Gasteiger partial charge in [-0.25, -0.2) is 15.6 Å². The van der Waals surface area contributed by atoms with E-state index in [-0.39, 0.29) is 11.1 Å². The van der Waals surface area contributed by atoms with Crippen molar-refractivity contribution in [3.05, 3.63) is 105 Å². The van der Waals surface area contributed by atoms with Gasteiger partial charge in [0.05, 0.1) is 6.07 Å². The molecule has 9 nitrogen and oxygen atoms in total. The van der Waals surface area contributed by atoms with Crippen LogP contribution in [0.3, 0.4) is 0 Å². The van der Waals surface area contributed by atoms with E-state index in [9.17, 15) is 31.2 Å². The Morgan fingerprint density at radius 1 is 0.548 bits per heavy atom. The fraction of sp³-hybridized carbons (Fsp3) is 0. The molecule has 31 heavy (non-hydrogen) atoms. The Morgan fingerprint density at radius 3 is 1.26 bits per heavy atom. The standard InChI is InChI=1S/C22H21N3O6/c26-23(27)20-15-21(24(28)29)19(14-12-17-9-5-2-6-10-17)22(25(30)31)18(20)13-11-16-7-3-1-4-8-16/h1-15,23-26,28,30H. The fourth-order valence-electron chi connectivity index (χ4n) is 3.13. The summed E-state index contributed by atoms with van der Waals surface area (Å²) in [4.78, 5) is 0. The summed E-state index contributed by atoms with van der Waals surface area (Å²) >= 11 is 0. The molecule has 0 spiro atoms. The summed E-state index contributed by atoms with van der Waals surface area (Å²) in [5, 5.41) is 60.7. The predicted octanol–water partition coefficient (Wildman–Crippen LogP) is 1.24. The lowest BCUT2D eigenvalue weighted by Gasteiger charge is -2.24. The first kappa shape index (κ1) is 22.5. The molecule has 0 saturated carbocycles. The van der Waals surface area contributed by atoms with Crippen LogP contribution >= 0.6 is 0 Å². The van der Waals surface area contributed by atoms with E-state index in [0.29, 0.717) is 0 Å². The van der Waals surface area contributed by atoms with Crippen molar-refractivity contribution in [3.8, 4) is 0 Å². The van der Waals surface area contributed by atoms with Crippen molar-refractivity contribution in [3.63, 3.8) is 0 Å². The van der Waals surface area contributed by atoms with E-state index in [1.165, 1.54) is 12.2 Å². The lowest BCUT2D eigenvalue weighted by Crippen LogP contribution is -3.03. The smallest absolute Gasteiger partial charge is 0.190 e. The molecular formula is C22H21N3O6. The van der Waals surface area contributed by atoms with Gasteiger partial charge in [0.15, 0.2) is 17.1 Å². The number of hydrogen-bond donors (Lipinski definition) is 6. The van der Waals surface area contributed by atoms with Gasteiger partial charge in [0.25, 0.3) is 0 Å². The average molecular weight is 423 g/mol. The Morgan fingerprint density at radius 2 is 0.935 bits per heavy atom. The zero-order valence-electron chi connectivity index (χ0n) is 16.2. The third-order valence-corrected chi connectivity index (χ3v) is 4.57. The number of benzene rings is 3. The van der Waals surface area contributed by atoms with Gasteiger partial charge in [-0.3, -0.25) is 0 Å². The van der Waals surface area contributed by atoms with Crippen molar-refractivity contribution >= 4 is 41.4 Å². The van der Waals surface area contributed by atoms with Crippen LogP contribution in [0.4, 0.5) is 17.1 Å². The molecule has 3 atom stereocenters. The third-order valence-electron chi connectivity index (χ3n) is 4.57. The molecular weight excluding hydrogens is 402 g/mol. The largest absolute Gasteiger partial charge is 0.595 e. The monoisotopic (exact) mass is 423 g/mol. The van der Waals surface area contributed by atoms with Crippen LogP contribution in [0.25, 0.3) is 24.3 Å². The minimum atomic E-state index is -1.42. The van der Waals surface area contributed by atoms with Crippen LogP contribution in [0, 0.1) is 15.6 Å². The molecule has 3 rings (SSSR count). The van der Waals surface area contributed by atoms with E-state index in [2.05, 4.69) is 0 Å². The molecule has 0 aliphatic rings. The molecule has 9 heteroatoms. The minimum absolute atomic E-state index is 0.0819. The lowest BCUT2D eigenvalue weighted by atomic mass is 10.00. The van der Waals surface area contributed by atoms with Gasteiger partial charge in [-0.1, -0.05) is 72.8 Å². The highest BCUT2D eigenvalue weighted by Crippen LogP contribution is 2.32. The van der Waals surface area contributed by atoms with E-state index in [0.717, 1.165) is 17.2 Å². The highest BCUT2D eigenvalue weighted by Gasteiger charge is 2.27. The fourth-order valence-corrected chi connectivity index (χ4v) is 3.13. The average Bonchev–Trinajstić information content (AvgIpc) is 2.76. The maximum absolute atomic E-state index is 12.2. The maximum atomic E-state index is 12.2. The molecule has 3 aromatic rings. The Hall–Kier alpha value is -3.22. The first-order valence-electron chi connectivity index (χ1n) is 9.25. The summed E-state index contributed by atoms with van der Waals surface area (Å²) in [6, 6.07) is 18.9. The van der Waals surface area contributed by atoms with Crippen molar-refractivity contribution < 1.29 is 31.3 Å². The van der Waals surface area contributed by atoms with Crippen molar-refractivity contribution in [2.45, 2.75) is 0 Å². The molecule has 0 aliphatic heterocycles. The highest BCUT2D eigenvalue weighted by molar-refractivity contribution is 5.89. The Kier molecular flexibility index (Phi) is 7.39. The summed E-state index contributed by atoms with van der Waals surface area (Å²) in [5.74, 6) is 0. The molecule has 0 aliphatic carbocycles. The lowest BCUT2D eigenvalue weighted by molar-refractivity contribution is -1.00. The van der Waals surface area contributed by atoms with Gasteiger partial charge in [-0.05, 0) is 23.3 Å². The van der Waals surface area contributed by atoms with Gasteiger partial charge in [0.2, 0.25) is 0 Å². The molecule has 3 unspecified atom stereocenters. The van der Waals surface area contributed by atoms with Crippen LogP contribution in [-0.4, -0.2) is 15.6 Å². The molecule has 0 heterocycles. The molecule has 0 amide bonds. The predicted molar refractivity (Wildman–Crippen MR) is 115 cm³/mol. The van der Waals surface area contributed by atoms with E-state index >= 15 is 0 Å². The Labute approximate surface area is 177 Å². The summed E-state index contributed by atoms with van der Waals surface area (Å²) in [7, 11) is 0. The van der Waals surface area contributed by atoms with E-state index in [1.807, 2.05) is 12.1 Å². The third kappa shape index (κ3) is 5.48. The van der Waals surface area contributed by atoms with Gasteiger partial charge in [0.1, 0.15) is 11.1 Å². The summed E-state index contributed by atoms with van der Waals surface area (Å²) < 4.78 is 0. The second-order valence-corrected chi connectivity index (χ2v) is 6.58. The zero-order chi connectivity index (χ0) is 22.4. The van der Waals surface area contributed by atoms with Crippen molar-refractivity contribution in [2.24, 2.45) is 0 Å². The van der Waals surface area contributed by atoms with Crippen molar-refractivity contribution in [1.82, 2.24) is 0 Å². The van der Waals surface area contributed by atoms with Crippen LogP contribution in [0.5, 0.6) is 0 Å². The van der Waals surface area contributed by atoms with Crippen LogP contribution in [0.2, 0.25) is 0 Å². The van der Waals surface area contributed by atoms with Crippen LogP contribution in [-0.2, 0) is 0 Å². The van der Waals surface area contributed by atoms with Gasteiger partial charge in [0, 0.05) is 0 Å². The molecule has 0 bridgehead atoms.